The SMILES string of the molecule is CCNC(=NCc1ccc(C)cc1OCCCOC)NCc1coc(-c2cccs2)n1. The van der Waals surface area contributed by atoms with Crippen LogP contribution in [0.1, 0.15) is 30.2 Å². The highest BCUT2D eigenvalue weighted by Gasteiger charge is 2.09. The number of oxazole rings is 1. The lowest BCUT2D eigenvalue weighted by atomic mass is 10.1. The Balaban J connectivity index is 1.61. The molecule has 166 valence electrons. The molecule has 0 radical (unpaired) electrons. The molecule has 2 heterocycles. The Kier molecular flexibility index (Phi) is 8.93. The van der Waals surface area contributed by atoms with Crippen LogP contribution < -0.4 is 15.4 Å². The average Bonchev–Trinajstić information content (AvgIpc) is 3.46. The summed E-state index contributed by atoms with van der Waals surface area (Å²) in [5.41, 5.74) is 3.03. The molecule has 0 saturated heterocycles. The maximum atomic E-state index is 5.97. The van der Waals surface area contributed by atoms with Gasteiger partial charge in [0.25, 0.3) is 0 Å². The molecule has 0 aliphatic carbocycles. The van der Waals surface area contributed by atoms with Gasteiger partial charge in [-0.05, 0) is 36.9 Å². The van der Waals surface area contributed by atoms with Crippen LogP contribution in [-0.2, 0) is 17.8 Å². The fraction of sp³-hybridized carbons (Fsp3) is 0.391. The molecule has 2 aromatic heterocycles. The lowest BCUT2D eigenvalue weighted by Gasteiger charge is -2.13. The van der Waals surface area contributed by atoms with E-state index in [9.17, 15) is 0 Å². The van der Waals surface area contributed by atoms with Gasteiger partial charge in [-0.2, -0.15) is 0 Å². The number of aliphatic imine (C=N–C) groups is 1. The van der Waals surface area contributed by atoms with Crippen molar-refractivity contribution in [3.63, 3.8) is 0 Å². The summed E-state index contributed by atoms with van der Waals surface area (Å²) in [7, 11) is 1.70. The number of hydrogen-bond donors (Lipinski definition) is 2. The van der Waals surface area contributed by atoms with Crippen LogP contribution in [0.5, 0.6) is 5.75 Å². The van der Waals surface area contributed by atoms with Crippen molar-refractivity contribution in [1.29, 1.82) is 0 Å². The molecular weight excluding hydrogens is 412 g/mol. The normalized spacial score (nSPS) is 11.5. The van der Waals surface area contributed by atoms with Crippen molar-refractivity contribution >= 4 is 17.3 Å². The van der Waals surface area contributed by atoms with E-state index in [1.165, 1.54) is 0 Å². The van der Waals surface area contributed by atoms with Crippen molar-refractivity contribution in [2.24, 2.45) is 4.99 Å². The van der Waals surface area contributed by atoms with Gasteiger partial charge >= 0.3 is 0 Å². The summed E-state index contributed by atoms with van der Waals surface area (Å²) in [5.74, 6) is 2.23. The van der Waals surface area contributed by atoms with Crippen LogP contribution in [0.25, 0.3) is 10.8 Å². The zero-order chi connectivity index (χ0) is 21.9. The first kappa shape index (κ1) is 22.8. The Labute approximate surface area is 187 Å². The minimum absolute atomic E-state index is 0.508. The standard InChI is InChI=1S/C23H30N4O3S/c1-4-24-23(26-15-19-16-30-22(27-19)21-7-5-12-31-21)25-14-18-9-8-17(2)13-20(18)29-11-6-10-28-3/h5,7-9,12-13,16H,4,6,10-11,14-15H2,1-3H3,(H2,24,25,26). The van der Waals surface area contributed by atoms with Gasteiger partial charge in [0.1, 0.15) is 12.0 Å². The average molecular weight is 443 g/mol. The monoisotopic (exact) mass is 442 g/mol. The summed E-state index contributed by atoms with van der Waals surface area (Å²) < 4.78 is 16.6. The van der Waals surface area contributed by atoms with Gasteiger partial charge in [0, 0.05) is 32.2 Å². The van der Waals surface area contributed by atoms with Gasteiger partial charge in [-0.25, -0.2) is 9.98 Å². The summed E-state index contributed by atoms with van der Waals surface area (Å²) in [5, 5.41) is 8.60. The van der Waals surface area contributed by atoms with Gasteiger partial charge in [-0.3, -0.25) is 0 Å². The second-order valence-corrected chi connectivity index (χ2v) is 7.92. The van der Waals surface area contributed by atoms with E-state index in [2.05, 4.69) is 40.7 Å². The fourth-order valence-corrected chi connectivity index (χ4v) is 3.55. The molecule has 8 heteroatoms. The van der Waals surface area contributed by atoms with Crippen molar-refractivity contribution in [2.45, 2.75) is 33.4 Å². The van der Waals surface area contributed by atoms with E-state index in [-0.39, 0.29) is 0 Å². The van der Waals surface area contributed by atoms with Gasteiger partial charge < -0.3 is 24.5 Å². The molecule has 3 aromatic rings. The largest absolute Gasteiger partial charge is 0.493 e. The number of guanidine groups is 1. The predicted octanol–water partition coefficient (Wildman–Crippen LogP) is 4.38. The molecule has 3 rings (SSSR count). The zero-order valence-corrected chi connectivity index (χ0v) is 19.1. The van der Waals surface area contributed by atoms with Crippen LogP contribution in [-0.4, -0.2) is 37.8 Å². The Bertz CT molecular complexity index is 954. The Hall–Kier alpha value is -2.84. The highest BCUT2D eigenvalue weighted by atomic mass is 32.1. The Morgan fingerprint density at radius 1 is 1.23 bits per heavy atom. The number of benzene rings is 1. The van der Waals surface area contributed by atoms with E-state index in [1.54, 1.807) is 24.7 Å². The first-order chi connectivity index (χ1) is 15.2. The van der Waals surface area contributed by atoms with Crippen molar-refractivity contribution < 1.29 is 13.9 Å². The number of aromatic nitrogens is 1. The highest BCUT2D eigenvalue weighted by Crippen LogP contribution is 2.24. The van der Waals surface area contributed by atoms with Crippen LogP contribution in [0, 0.1) is 6.92 Å². The number of aryl methyl sites for hydroxylation is 1. The van der Waals surface area contributed by atoms with Gasteiger partial charge in [-0.1, -0.05) is 18.2 Å². The second kappa shape index (κ2) is 12.1. The molecule has 0 aliphatic heterocycles. The summed E-state index contributed by atoms with van der Waals surface area (Å²) in [6.45, 7) is 7.19. The molecule has 0 aliphatic rings. The van der Waals surface area contributed by atoms with Crippen molar-refractivity contribution in [3.8, 4) is 16.5 Å². The van der Waals surface area contributed by atoms with Crippen molar-refractivity contribution in [2.75, 3.05) is 26.9 Å². The van der Waals surface area contributed by atoms with E-state index in [0.717, 1.165) is 40.4 Å². The number of ether oxygens (including phenoxy) is 2. The first-order valence-electron chi connectivity index (χ1n) is 10.4. The fourth-order valence-electron chi connectivity index (χ4n) is 2.89. The molecule has 2 N–H and O–H groups in total. The van der Waals surface area contributed by atoms with Crippen LogP contribution in [0.4, 0.5) is 0 Å². The number of thiophene rings is 1. The van der Waals surface area contributed by atoms with Crippen LogP contribution in [0.3, 0.4) is 0 Å². The van der Waals surface area contributed by atoms with E-state index in [0.29, 0.717) is 38.2 Å². The first-order valence-corrected chi connectivity index (χ1v) is 11.3. The van der Waals surface area contributed by atoms with Gasteiger partial charge in [0.2, 0.25) is 5.89 Å². The third-order valence-electron chi connectivity index (χ3n) is 4.45. The number of methoxy groups -OCH3 is 1. The van der Waals surface area contributed by atoms with Gasteiger partial charge in [0.15, 0.2) is 5.96 Å². The van der Waals surface area contributed by atoms with Crippen molar-refractivity contribution in [1.82, 2.24) is 15.6 Å². The summed E-state index contributed by atoms with van der Waals surface area (Å²) >= 11 is 1.61. The van der Waals surface area contributed by atoms with Crippen LogP contribution in [0.15, 0.2) is 51.4 Å². The van der Waals surface area contributed by atoms with E-state index >= 15 is 0 Å². The molecule has 0 saturated carbocycles. The van der Waals surface area contributed by atoms with Gasteiger partial charge in [0.05, 0.1) is 30.3 Å². The van der Waals surface area contributed by atoms with E-state index < -0.39 is 0 Å². The third kappa shape index (κ3) is 7.11. The Morgan fingerprint density at radius 3 is 2.90 bits per heavy atom. The molecule has 0 bridgehead atoms. The lowest BCUT2D eigenvalue weighted by Crippen LogP contribution is -2.36. The molecule has 0 fully saturated rings. The molecular formula is C23H30N4O3S. The minimum Gasteiger partial charge on any atom is -0.493 e. The quantitative estimate of drug-likeness (QED) is 0.261. The number of nitrogens with one attached hydrogen (secondary N) is 2. The molecule has 0 amide bonds. The maximum absolute atomic E-state index is 5.97. The number of rotatable bonds is 11. The Morgan fingerprint density at radius 2 is 2.13 bits per heavy atom. The predicted molar refractivity (Wildman–Crippen MR) is 125 cm³/mol. The van der Waals surface area contributed by atoms with Crippen LogP contribution >= 0.6 is 11.3 Å². The lowest BCUT2D eigenvalue weighted by molar-refractivity contribution is 0.172. The summed E-state index contributed by atoms with van der Waals surface area (Å²) in [6, 6.07) is 10.2. The zero-order valence-electron chi connectivity index (χ0n) is 18.3. The number of hydrogen-bond acceptors (Lipinski definition) is 6. The molecule has 0 spiro atoms. The van der Waals surface area contributed by atoms with Crippen molar-refractivity contribution in [3.05, 3.63) is 58.8 Å². The summed E-state index contributed by atoms with van der Waals surface area (Å²) in [4.78, 5) is 10.3. The molecule has 0 atom stereocenters. The van der Waals surface area contributed by atoms with E-state index in [1.807, 2.05) is 24.4 Å². The highest BCUT2D eigenvalue weighted by molar-refractivity contribution is 7.13. The van der Waals surface area contributed by atoms with Gasteiger partial charge in [-0.15, -0.1) is 11.3 Å². The third-order valence-corrected chi connectivity index (χ3v) is 5.30. The van der Waals surface area contributed by atoms with E-state index in [4.69, 9.17) is 18.9 Å². The number of nitrogens with zero attached hydrogens (tertiary/aromatic N) is 2. The molecule has 31 heavy (non-hydrogen) atoms. The molecule has 7 nitrogen and oxygen atoms in total. The minimum atomic E-state index is 0.508. The molecule has 0 unspecified atom stereocenters. The topological polar surface area (TPSA) is 80.9 Å². The second-order valence-electron chi connectivity index (χ2n) is 6.98. The molecule has 1 aromatic carbocycles. The smallest absolute Gasteiger partial charge is 0.236 e. The van der Waals surface area contributed by atoms with Crippen LogP contribution in [0.2, 0.25) is 0 Å². The summed E-state index contributed by atoms with van der Waals surface area (Å²) in [6.07, 6.45) is 2.53. The maximum Gasteiger partial charge on any atom is 0.236 e.